The van der Waals surface area contributed by atoms with Crippen molar-refractivity contribution >= 4 is 40.8 Å². The molecule has 0 bridgehead atoms. The van der Waals surface area contributed by atoms with Gasteiger partial charge in [-0.15, -0.1) is 0 Å². The second-order valence-corrected chi connectivity index (χ2v) is 7.78. The summed E-state index contributed by atoms with van der Waals surface area (Å²) in [5.74, 6) is -0.373. The highest BCUT2D eigenvalue weighted by atomic mass is 79.9. The van der Waals surface area contributed by atoms with Gasteiger partial charge in [-0.2, -0.15) is 13.2 Å². The Labute approximate surface area is 165 Å². The molecule has 0 spiro atoms. The van der Waals surface area contributed by atoms with E-state index in [1.165, 1.54) is 12.1 Å². The van der Waals surface area contributed by atoms with E-state index in [1.54, 1.807) is 26.0 Å². The summed E-state index contributed by atoms with van der Waals surface area (Å²) < 4.78 is 44.9. The number of benzene rings is 2. The highest BCUT2D eigenvalue weighted by molar-refractivity contribution is 9.10. The first-order valence-corrected chi connectivity index (χ1v) is 8.96. The molecule has 2 nitrogen and oxygen atoms in total. The molecule has 0 saturated carbocycles. The minimum atomic E-state index is -4.42. The highest BCUT2D eigenvalue weighted by Gasteiger charge is 2.39. The van der Waals surface area contributed by atoms with E-state index in [2.05, 4.69) is 15.9 Å². The number of cyclic esters (lactones) is 1. The van der Waals surface area contributed by atoms with Crippen LogP contribution in [0.1, 0.15) is 37.0 Å². The number of carbonyl (C=O) groups excluding carboxylic acids is 1. The van der Waals surface area contributed by atoms with E-state index in [4.69, 9.17) is 12.6 Å². The zero-order valence-corrected chi connectivity index (χ0v) is 16.2. The number of alkyl halides is 3. The van der Waals surface area contributed by atoms with Crippen molar-refractivity contribution in [3.05, 3.63) is 69.2 Å². The number of hydrogen-bond donors (Lipinski definition) is 0. The van der Waals surface area contributed by atoms with Crippen LogP contribution in [-0.4, -0.2) is 19.4 Å². The van der Waals surface area contributed by atoms with Crippen LogP contribution in [0.15, 0.2) is 52.5 Å². The fraction of sp³-hybridized carbons (Fsp3) is 0.250. The Morgan fingerprint density at radius 1 is 1.11 bits per heavy atom. The summed E-state index contributed by atoms with van der Waals surface area (Å²) in [7, 11) is 5.95. The van der Waals surface area contributed by atoms with Crippen LogP contribution in [0.3, 0.4) is 0 Å². The SMILES string of the molecule is [B]c1cc(Br)cc(/C(=C2/CC(=O)OC2(C)C)c2ccc(C(F)(F)F)cc2)c1. The molecule has 1 aliphatic rings. The lowest BCUT2D eigenvalue weighted by Crippen LogP contribution is -2.22. The quantitative estimate of drug-likeness (QED) is 0.501. The first kappa shape index (κ1) is 19.7. The minimum Gasteiger partial charge on any atom is -0.455 e. The Morgan fingerprint density at radius 3 is 2.22 bits per heavy atom. The molecule has 1 fully saturated rings. The predicted molar refractivity (Wildman–Crippen MR) is 102 cm³/mol. The Balaban J connectivity index is 2.24. The largest absolute Gasteiger partial charge is 0.455 e. The van der Waals surface area contributed by atoms with Gasteiger partial charge in [-0.05, 0) is 54.3 Å². The average Bonchev–Trinajstić information content (AvgIpc) is 2.79. The van der Waals surface area contributed by atoms with Gasteiger partial charge < -0.3 is 4.74 Å². The fourth-order valence-corrected chi connectivity index (χ4v) is 3.74. The summed E-state index contributed by atoms with van der Waals surface area (Å²) >= 11 is 3.39. The van der Waals surface area contributed by atoms with Gasteiger partial charge in [0.15, 0.2) is 0 Å². The van der Waals surface area contributed by atoms with Crippen LogP contribution in [-0.2, 0) is 15.7 Å². The van der Waals surface area contributed by atoms with Crippen LogP contribution in [0.2, 0.25) is 0 Å². The smallest absolute Gasteiger partial charge is 0.416 e. The third-order valence-electron chi connectivity index (χ3n) is 4.43. The maximum Gasteiger partial charge on any atom is 0.416 e. The van der Waals surface area contributed by atoms with Gasteiger partial charge in [0.1, 0.15) is 13.4 Å². The molecular formula is C20H15BBrF3O2. The summed E-state index contributed by atoms with van der Waals surface area (Å²) in [6, 6.07) is 10.1. The number of hydrogen-bond acceptors (Lipinski definition) is 2. The van der Waals surface area contributed by atoms with E-state index in [9.17, 15) is 18.0 Å². The second-order valence-electron chi connectivity index (χ2n) is 6.86. The van der Waals surface area contributed by atoms with Crippen molar-refractivity contribution in [2.24, 2.45) is 0 Å². The van der Waals surface area contributed by atoms with Crippen LogP contribution in [0.4, 0.5) is 13.2 Å². The van der Waals surface area contributed by atoms with E-state index in [0.717, 1.165) is 16.6 Å². The van der Waals surface area contributed by atoms with E-state index in [0.29, 0.717) is 27.7 Å². The van der Waals surface area contributed by atoms with Gasteiger partial charge in [-0.3, -0.25) is 4.79 Å². The molecule has 0 aromatic heterocycles. The highest BCUT2D eigenvalue weighted by Crippen LogP contribution is 2.41. The fourth-order valence-electron chi connectivity index (χ4n) is 3.23. The van der Waals surface area contributed by atoms with E-state index in [-0.39, 0.29) is 12.4 Å². The van der Waals surface area contributed by atoms with Gasteiger partial charge in [-0.25, -0.2) is 0 Å². The number of halogens is 4. The molecule has 2 radical (unpaired) electrons. The number of carbonyl (C=O) groups is 1. The van der Waals surface area contributed by atoms with Crippen LogP contribution >= 0.6 is 15.9 Å². The molecule has 3 rings (SSSR count). The summed E-state index contributed by atoms with van der Waals surface area (Å²) in [5, 5.41) is 0. The number of ether oxygens (including phenoxy) is 1. The van der Waals surface area contributed by atoms with E-state index < -0.39 is 17.3 Å². The Hall–Kier alpha value is -2.02. The van der Waals surface area contributed by atoms with Crippen LogP contribution in [0, 0.1) is 0 Å². The van der Waals surface area contributed by atoms with Gasteiger partial charge in [0.05, 0.1) is 12.0 Å². The lowest BCUT2D eigenvalue weighted by molar-refractivity contribution is -0.145. The molecule has 138 valence electrons. The van der Waals surface area contributed by atoms with Crippen molar-refractivity contribution < 1.29 is 22.7 Å². The van der Waals surface area contributed by atoms with Crippen LogP contribution in [0.25, 0.3) is 5.57 Å². The first-order valence-electron chi connectivity index (χ1n) is 8.17. The van der Waals surface area contributed by atoms with Gasteiger partial charge in [0, 0.05) is 4.47 Å². The summed E-state index contributed by atoms with van der Waals surface area (Å²) in [6.07, 6.45) is -4.35. The third-order valence-corrected chi connectivity index (χ3v) is 4.89. The monoisotopic (exact) mass is 434 g/mol. The molecule has 2 aromatic rings. The third kappa shape index (κ3) is 4.13. The first-order chi connectivity index (χ1) is 12.5. The maximum absolute atomic E-state index is 12.9. The van der Waals surface area contributed by atoms with Crippen molar-refractivity contribution in [3.8, 4) is 0 Å². The Morgan fingerprint density at radius 2 is 1.74 bits per heavy atom. The van der Waals surface area contributed by atoms with E-state index >= 15 is 0 Å². The maximum atomic E-state index is 12.9. The standard InChI is InChI=1S/C20H15BBrF3O2/c1-19(2)16(10-17(26)27-19)18(12-7-14(21)9-15(22)8-12)11-3-5-13(6-4-11)20(23,24)25/h3-9H,10H2,1-2H3/b18-16-. The van der Waals surface area contributed by atoms with E-state index in [1.807, 2.05) is 6.07 Å². The zero-order chi connectivity index (χ0) is 20.0. The molecule has 1 saturated heterocycles. The molecule has 1 aliphatic heterocycles. The van der Waals surface area contributed by atoms with Crippen LogP contribution in [0.5, 0.6) is 0 Å². The van der Waals surface area contributed by atoms with Crippen LogP contribution < -0.4 is 5.46 Å². The summed E-state index contributed by atoms with van der Waals surface area (Å²) in [4.78, 5) is 11.9. The Kier molecular flexibility index (Phi) is 5.01. The summed E-state index contributed by atoms with van der Waals surface area (Å²) in [6.45, 7) is 3.53. The molecule has 0 amide bonds. The lowest BCUT2D eigenvalue weighted by atomic mass is 9.83. The predicted octanol–water partition coefficient (Wildman–Crippen LogP) is 4.79. The van der Waals surface area contributed by atoms with Gasteiger partial charge in [-0.1, -0.05) is 45.7 Å². The molecule has 0 aliphatic carbocycles. The van der Waals surface area contributed by atoms with Crippen molar-refractivity contribution in [2.45, 2.75) is 32.0 Å². The van der Waals surface area contributed by atoms with Crippen molar-refractivity contribution in [1.29, 1.82) is 0 Å². The number of rotatable bonds is 2. The van der Waals surface area contributed by atoms with Crippen molar-refractivity contribution in [3.63, 3.8) is 0 Å². The zero-order valence-electron chi connectivity index (χ0n) is 14.7. The minimum absolute atomic E-state index is 0.0653. The average molecular weight is 435 g/mol. The molecule has 2 aromatic carbocycles. The topological polar surface area (TPSA) is 26.3 Å². The second kappa shape index (κ2) is 6.86. The molecule has 7 heteroatoms. The van der Waals surface area contributed by atoms with Crippen molar-refractivity contribution in [1.82, 2.24) is 0 Å². The van der Waals surface area contributed by atoms with Gasteiger partial charge in [0.2, 0.25) is 0 Å². The molecule has 0 atom stereocenters. The molecule has 0 unspecified atom stereocenters. The molecular weight excluding hydrogens is 420 g/mol. The van der Waals surface area contributed by atoms with Gasteiger partial charge >= 0.3 is 12.1 Å². The summed E-state index contributed by atoms with van der Waals surface area (Å²) in [5.41, 5.74) is 1.49. The molecule has 27 heavy (non-hydrogen) atoms. The number of esters is 1. The lowest BCUT2D eigenvalue weighted by Gasteiger charge is -2.23. The molecule has 0 N–H and O–H groups in total. The van der Waals surface area contributed by atoms with Crippen molar-refractivity contribution in [2.75, 3.05) is 0 Å². The van der Waals surface area contributed by atoms with Gasteiger partial charge in [0.25, 0.3) is 0 Å². The molecule has 1 heterocycles. The normalized spacial score (nSPS) is 18.4. The Bertz CT molecular complexity index is 911.